The van der Waals surface area contributed by atoms with Crippen molar-refractivity contribution >= 4 is 5.91 Å². The Hall–Kier alpha value is -1.35. The van der Waals surface area contributed by atoms with Crippen LogP contribution in [0.25, 0.3) is 0 Å². The lowest BCUT2D eigenvalue weighted by Gasteiger charge is -2.31. The Kier molecular flexibility index (Phi) is 6.01. The maximum atomic E-state index is 11.3. The van der Waals surface area contributed by atoms with Crippen LogP contribution in [-0.2, 0) is 6.54 Å². The van der Waals surface area contributed by atoms with E-state index in [1.54, 1.807) is 6.07 Å². The van der Waals surface area contributed by atoms with Crippen LogP contribution in [0.3, 0.4) is 0 Å². The fraction of sp³-hybridized carbons (Fsp3) is 0.632. The Morgan fingerprint density at radius 1 is 1.23 bits per heavy atom. The molecule has 0 unspecified atom stereocenters. The average molecular weight is 302 g/mol. The van der Waals surface area contributed by atoms with Crippen LogP contribution in [0.4, 0.5) is 0 Å². The van der Waals surface area contributed by atoms with Gasteiger partial charge in [0.2, 0.25) is 5.91 Å². The highest BCUT2D eigenvalue weighted by molar-refractivity contribution is 5.92. The molecule has 0 heterocycles. The van der Waals surface area contributed by atoms with E-state index in [4.69, 9.17) is 5.73 Å². The van der Waals surface area contributed by atoms with Crippen LogP contribution in [0, 0.1) is 5.92 Å². The van der Waals surface area contributed by atoms with Crippen LogP contribution in [-0.4, -0.2) is 11.4 Å². The molecule has 3 nitrogen and oxygen atoms in total. The van der Waals surface area contributed by atoms with Crippen molar-refractivity contribution in [3.63, 3.8) is 0 Å². The zero-order valence-electron chi connectivity index (χ0n) is 14.0. The Morgan fingerprint density at radius 2 is 1.91 bits per heavy atom. The number of carbonyl (C=O) groups is 1. The second-order valence-corrected chi connectivity index (χ2v) is 7.36. The van der Waals surface area contributed by atoms with Crippen molar-refractivity contribution in [2.75, 3.05) is 0 Å². The summed E-state index contributed by atoms with van der Waals surface area (Å²) in [6.45, 7) is 5.35. The van der Waals surface area contributed by atoms with Gasteiger partial charge in [-0.3, -0.25) is 4.79 Å². The van der Waals surface area contributed by atoms with Gasteiger partial charge in [0.05, 0.1) is 0 Å². The first-order valence-electron chi connectivity index (χ1n) is 8.60. The van der Waals surface area contributed by atoms with Crippen LogP contribution in [0.5, 0.6) is 0 Å². The van der Waals surface area contributed by atoms with E-state index in [1.165, 1.54) is 44.9 Å². The minimum atomic E-state index is -0.362. The molecule has 0 atom stereocenters. The Morgan fingerprint density at radius 3 is 2.55 bits per heavy atom. The van der Waals surface area contributed by atoms with Crippen molar-refractivity contribution in [1.29, 1.82) is 0 Å². The van der Waals surface area contributed by atoms with Gasteiger partial charge in [-0.1, -0.05) is 50.7 Å². The summed E-state index contributed by atoms with van der Waals surface area (Å²) in [5.74, 6) is 0.488. The van der Waals surface area contributed by atoms with Gasteiger partial charge < -0.3 is 11.1 Å². The molecule has 0 radical (unpaired) electrons. The highest BCUT2D eigenvalue weighted by atomic mass is 16.1. The number of benzene rings is 1. The van der Waals surface area contributed by atoms with E-state index >= 15 is 0 Å². The predicted molar refractivity (Wildman–Crippen MR) is 91.7 cm³/mol. The molecule has 0 aliphatic heterocycles. The molecule has 0 saturated heterocycles. The van der Waals surface area contributed by atoms with E-state index in [1.807, 2.05) is 18.2 Å². The van der Waals surface area contributed by atoms with E-state index in [0.29, 0.717) is 5.56 Å². The normalized spacial score (nSPS) is 17.2. The third kappa shape index (κ3) is 5.45. The summed E-state index contributed by atoms with van der Waals surface area (Å²) in [5, 5.41) is 3.66. The van der Waals surface area contributed by atoms with Crippen LogP contribution in [0.15, 0.2) is 24.3 Å². The number of hydrogen-bond donors (Lipinski definition) is 2. The Labute approximate surface area is 134 Å². The summed E-state index contributed by atoms with van der Waals surface area (Å²) in [6.07, 6.45) is 9.57. The van der Waals surface area contributed by atoms with Gasteiger partial charge in [0.1, 0.15) is 0 Å². The van der Waals surface area contributed by atoms with E-state index < -0.39 is 0 Å². The quantitative estimate of drug-likeness (QED) is 0.780. The maximum absolute atomic E-state index is 11.3. The number of primary amides is 1. The van der Waals surface area contributed by atoms with E-state index in [9.17, 15) is 4.79 Å². The van der Waals surface area contributed by atoms with Gasteiger partial charge in [0.25, 0.3) is 0 Å². The molecule has 3 N–H and O–H groups in total. The molecule has 22 heavy (non-hydrogen) atoms. The summed E-state index contributed by atoms with van der Waals surface area (Å²) in [5.41, 5.74) is 7.17. The van der Waals surface area contributed by atoms with Gasteiger partial charge in [-0.2, -0.15) is 0 Å². The molecule has 1 aliphatic rings. The van der Waals surface area contributed by atoms with Crippen molar-refractivity contribution < 1.29 is 4.79 Å². The smallest absolute Gasteiger partial charge is 0.248 e. The standard InChI is InChI=1S/C19H30N2O/c1-19(2,13-15-8-5-3-4-6-9-15)21-14-16-10-7-11-17(12-16)18(20)22/h7,10-12,15,21H,3-6,8-9,13-14H2,1-2H3,(H2,20,22). The topological polar surface area (TPSA) is 55.1 Å². The zero-order chi connectivity index (χ0) is 16.0. The first-order valence-corrected chi connectivity index (χ1v) is 8.60. The van der Waals surface area contributed by atoms with Crippen molar-refractivity contribution in [2.24, 2.45) is 11.7 Å². The van der Waals surface area contributed by atoms with Crippen molar-refractivity contribution in [3.8, 4) is 0 Å². The molecule has 1 saturated carbocycles. The monoisotopic (exact) mass is 302 g/mol. The lowest BCUT2D eigenvalue weighted by atomic mass is 9.86. The van der Waals surface area contributed by atoms with Gasteiger partial charge in [-0.25, -0.2) is 0 Å². The minimum absolute atomic E-state index is 0.123. The second kappa shape index (κ2) is 7.77. The highest BCUT2D eigenvalue weighted by Gasteiger charge is 2.23. The lowest BCUT2D eigenvalue weighted by Crippen LogP contribution is -2.40. The first-order chi connectivity index (χ1) is 10.5. The highest BCUT2D eigenvalue weighted by Crippen LogP contribution is 2.29. The summed E-state index contributed by atoms with van der Waals surface area (Å²) < 4.78 is 0. The number of rotatable bonds is 6. The molecule has 122 valence electrons. The molecule has 0 spiro atoms. The first kappa shape index (κ1) is 17.0. The summed E-state index contributed by atoms with van der Waals surface area (Å²) in [7, 11) is 0. The van der Waals surface area contributed by atoms with Crippen molar-refractivity contribution in [3.05, 3.63) is 35.4 Å². The van der Waals surface area contributed by atoms with Gasteiger partial charge >= 0.3 is 0 Å². The van der Waals surface area contributed by atoms with E-state index in [-0.39, 0.29) is 11.4 Å². The minimum Gasteiger partial charge on any atom is -0.366 e. The van der Waals surface area contributed by atoms with Gasteiger partial charge in [-0.05, 0) is 43.9 Å². The fourth-order valence-corrected chi connectivity index (χ4v) is 3.54. The van der Waals surface area contributed by atoms with E-state index in [0.717, 1.165) is 18.0 Å². The fourth-order valence-electron chi connectivity index (χ4n) is 3.54. The largest absolute Gasteiger partial charge is 0.366 e. The maximum Gasteiger partial charge on any atom is 0.248 e. The number of amides is 1. The molecule has 1 aromatic carbocycles. The van der Waals surface area contributed by atoms with Crippen LogP contribution in [0.1, 0.15) is 74.7 Å². The van der Waals surface area contributed by atoms with Gasteiger partial charge in [0.15, 0.2) is 0 Å². The molecule has 1 amide bonds. The van der Waals surface area contributed by atoms with Gasteiger partial charge in [0, 0.05) is 17.6 Å². The third-order valence-corrected chi connectivity index (χ3v) is 4.76. The number of nitrogens with one attached hydrogen (secondary N) is 1. The van der Waals surface area contributed by atoms with E-state index in [2.05, 4.69) is 19.2 Å². The molecule has 0 aromatic heterocycles. The van der Waals surface area contributed by atoms with Gasteiger partial charge in [-0.15, -0.1) is 0 Å². The molecule has 1 fully saturated rings. The Bertz CT molecular complexity index is 488. The van der Waals surface area contributed by atoms with Crippen LogP contribution < -0.4 is 11.1 Å². The predicted octanol–water partition coefficient (Wildman–Crippen LogP) is 4.01. The molecule has 3 heteroatoms. The molecular formula is C19H30N2O. The van der Waals surface area contributed by atoms with Crippen molar-refractivity contribution in [2.45, 2.75) is 70.9 Å². The summed E-state index contributed by atoms with van der Waals surface area (Å²) in [4.78, 5) is 11.3. The SMILES string of the molecule is CC(C)(CC1CCCCCC1)NCc1cccc(C(N)=O)c1. The van der Waals surface area contributed by atoms with Crippen LogP contribution in [0.2, 0.25) is 0 Å². The summed E-state index contributed by atoms with van der Waals surface area (Å²) >= 11 is 0. The molecule has 1 aromatic rings. The number of nitrogens with two attached hydrogens (primary N) is 1. The summed E-state index contributed by atoms with van der Waals surface area (Å²) in [6, 6.07) is 7.59. The molecule has 0 bridgehead atoms. The molecule has 1 aliphatic carbocycles. The Balaban J connectivity index is 1.88. The lowest BCUT2D eigenvalue weighted by molar-refractivity contribution is 0.1000. The van der Waals surface area contributed by atoms with Crippen LogP contribution >= 0.6 is 0 Å². The number of hydrogen-bond acceptors (Lipinski definition) is 2. The van der Waals surface area contributed by atoms with Crippen molar-refractivity contribution in [1.82, 2.24) is 5.32 Å². The zero-order valence-corrected chi connectivity index (χ0v) is 14.0. The molecular weight excluding hydrogens is 272 g/mol. The third-order valence-electron chi connectivity index (χ3n) is 4.76. The second-order valence-electron chi connectivity index (χ2n) is 7.36. The number of carbonyl (C=O) groups excluding carboxylic acids is 1. The molecule has 2 rings (SSSR count). The average Bonchev–Trinajstić information content (AvgIpc) is 2.74.